The van der Waals surface area contributed by atoms with E-state index in [9.17, 15) is 9.59 Å². The summed E-state index contributed by atoms with van der Waals surface area (Å²) in [5.74, 6) is 0.318. The quantitative estimate of drug-likeness (QED) is 0.617. The van der Waals surface area contributed by atoms with Gasteiger partial charge in [0.05, 0.1) is 0 Å². The van der Waals surface area contributed by atoms with Gasteiger partial charge in [0.1, 0.15) is 11.8 Å². The molecule has 0 radical (unpaired) electrons. The Kier molecular flexibility index (Phi) is 8.71. The van der Waals surface area contributed by atoms with Crippen LogP contribution in [0.15, 0.2) is 48.5 Å². The maximum Gasteiger partial charge on any atom is 0.261 e. The maximum absolute atomic E-state index is 13.0. The molecule has 0 saturated heterocycles. The van der Waals surface area contributed by atoms with Crippen molar-refractivity contribution in [2.75, 3.05) is 13.2 Å². The molecule has 0 fully saturated rings. The average molecular weight is 397 g/mol. The Morgan fingerprint density at radius 1 is 1.07 bits per heavy atom. The second-order valence-electron chi connectivity index (χ2n) is 7.38. The van der Waals surface area contributed by atoms with Crippen LogP contribution in [0.4, 0.5) is 0 Å². The number of para-hydroxylation sites is 1. The number of unbranched alkanes of at least 4 members (excludes halogenated alkanes) is 1. The molecule has 1 atom stereocenters. The van der Waals surface area contributed by atoms with E-state index >= 15 is 0 Å². The Hall–Kier alpha value is -2.82. The molecule has 0 unspecified atom stereocenters. The van der Waals surface area contributed by atoms with Gasteiger partial charge in [-0.2, -0.15) is 0 Å². The number of hydrogen-bond acceptors (Lipinski definition) is 3. The molecular weight excluding hydrogens is 364 g/mol. The number of nitrogens with one attached hydrogen (secondary N) is 1. The number of nitrogens with zero attached hydrogens (tertiary/aromatic N) is 1. The van der Waals surface area contributed by atoms with E-state index in [-0.39, 0.29) is 18.4 Å². The van der Waals surface area contributed by atoms with Crippen molar-refractivity contribution in [1.82, 2.24) is 10.2 Å². The van der Waals surface area contributed by atoms with Crippen molar-refractivity contribution in [2.24, 2.45) is 0 Å². The van der Waals surface area contributed by atoms with Gasteiger partial charge in [-0.05, 0) is 44.4 Å². The summed E-state index contributed by atoms with van der Waals surface area (Å²) in [4.78, 5) is 27.2. The van der Waals surface area contributed by atoms with Crippen LogP contribution in [0.2, 0.25) is 0 Å². The van der Waals surface area contributed by atoms with E-state index in [1.807, 2.05) is 62.4 Å². The topological polar surface area (TPSA) is 58.6 Å². The highest BCUT2D eigenvalue weighted by Crippen LogP contribution is 2.17. The molecule has 0 heterocycles. The first kappa shape index (κ1) is 22.5. The molecule has 156 valence electrons. The normalized spacial score (nSPS) is 11.6. The zero-order chi connectivity index (χ0) is 21.2. The minimum Gasteiger partial charge on any atom is -0.484 e. The Bertz CT molecular complexity index is 802. The number of hydrogen-bond donors (Lipinski definition) is 1. The SMILES string of the molecule is CCCCNC(=O)[C@@H](C)N(Cc1ccc(C)cc1)C(=O)COc1ccccc1C. The molecular formula is C24H32N2O3. The third-order valence-corrected chi connectivity index (χ3v) is 4.92. The van der Waals surface area contributed by atoms with Gasteiger partial charge < -0.3 is 15.0 Å². The average Bonchev–Trinajstić information content (AvgIpc) is 2.72. The zero-order valence-electron chi connectivity index (χ0n) is 17.9. The van der Waals surface area contributed by atoms with Crippen LogP contribution in [0.3, 0.4) is 0 Å². The molecule has 0 saturated carbocycles. The van der Waals surface area contributed by atoms with Gasteiger partial charge in [-0.15, -0.1) is 0 Å². The summed E-state index contributed by atoms with van der Waals surface area (Å²) in [5, 5.41) is 2.92. The molecule has 0 aliphatic carbocycles. The smallest absolute Gasteiger partial charge is 0.261 e. The number of aryl methyl sites for hydroxylation is 2. The summed E-state index contributed by atoms with van der Waals surface area (Å²) in [6.45, 7) is 8.67. The van der Waals surface area contributed by atoms with Crippen molar-refractivity contribution in [1.29, 1.82) is 0 Å². The van der Waals surface area contributed by atoms with Crippen molar-refractivity contribution >= 4 is 11.8 Å². The van der Waals surface area contributed by atoms with Crippen LogP contribution in [-0.4, -0.2) is 35.9 Å². The third kappa shape index (κ3) is 6.93. The lowest BCUT2D eigenvalue weighted by Gasteiger charge is -2.29. The number of rotatable bonds is 10. The predicted molar refractivity (Wildman–Crippen MR) is 116 cm³/mol. The van der Waals surface area contributed by atoms with Gasteiger partial charge in [0.25, 0.3) is 5.91 Å². The summed E-state index contributed by atoms with van der Waals surface area (Å²) < 4.78 is 5.74. The van der Waals surface area contributed by atoms with Crippen molar-refractivity contribution in [3.63, 3.8) is 0 Å². The molecule has 29 heavy (non-hydrogen) atoms. The molecule has 0 aromatic heterocycles. The molecule has 0 spiro atoms. The summed E-state index contributed by atoms with van der Waals surface area (Å²) >= 11 is 0. The number of ether oxygens (including phenoxy) is 1. The lowest BCUT2D eigenvalue weighted by Crippen LogP contribution is -2.49. The first-order valence-corrected chi connectivity index (χ1v) is 10.2. The summed E-state index contributed by atoms with van der Waals surface area (Å²) in [6.07, 6.45) is 1.92. The van der Waals surface area contributed by atoms with Gasteiger partial charge in [0.2, 0.25) is 5.91 Å². The van der Waals surface area contributed by atoms with Crippen molar-refractivity contribution < 1.29 is 14.3 Å². The standard InChI is InChI=1S/C24H32N2O3/c1-5-6-15-25-24(28)20(4)26(16-21-13-11-18(2)12-14-21)23(27)17-29-22-10-8-7-9-19(22)3/h7-14,20H,5-6,15-17H2,1-4H3,(H,25,28)/t20-/m1/s1. The van der Waals surface area contributed by atoms with Gasteiger partial charge in [0, 0.05) is 13.1 Å². The summed E-state index contributed by atoms with van der Waals surface area (Å²) in [5.41, 5.74) is 3.10. The molecule has 0 bridgehead atoms. The lowest BCUT2D eigenvalue weighted by molar-refractivity contribution is -0.142. The molecule has 5 nitrogen and oxygen atoms in total. The number of carbonyl (C=O) groups is 2. The van der Waals surface area contributed by atoms with E-state index < -0.39 is 6.04 Å². The second kappa shape index (κ2) is 11.2. The second-order valence-corrected chi connectivity index (χ2v) is 7.38. The van der Waals surface area contributed by atoms with E-state index in [1.54, 1.807) is 11.8 Å². The molecule has 0 aliphatic rings. The highest BCUT2D eigenvalue weighted by atomic mass is 16.5. The van der Waals surface area contributed by atoms with Gasteiger partial charge in [-0.3, -0.25) is 9.59 Å². The summed E-state index contributed by atoms with van der Waals surface area (Å²) in [7, 11) is 0. The molecule has 0 aliphatic heterocycles. The van der Waals surface area contributed by atoms with Gasteiger partial charge in [-0.25, -0.2) is 0 Å². The number of carbonyl (C=O) groups excluding carboxylic acids is 2. The van der Waals surface area contributed by atoms with Crippen LogP contribution in [-0.2, 0) is 16.1 Å². The fourth-order valence-electron chi connectivity index (χ4n) is 2.95. The molecule has 2 aromatic carbocycles. The van der Waals surface area contributed by atoms with E-state index in [2.05, 4.69) is 12.2 Å². The lowest BCUT2D eigenvalue weighted by atomic mass is 10.1. The summed E-state index contributed by atoms with van der Waals surface area (Å²) in [6, 6.07) is 15.0. The number of amides is 2. The largest absolute Gasteiger partial charge is 0.484 e. The minimum atomic E-state index is -0.582. The highest BCUT2D eigenvalue weighted by molar-refractivity contribution is 5.87. The zero-order valence-corrected chi connectivity index (χ0v) is 17.9. The van der Waals surface area contributed by atoms with Gasteiger partial charge in [0.15, 0.2) is 6.61 Å². The van der Waals surface area contributed by atoms with Crippen LogP contribution in [0, 0.1) is 13.8 Å². The highest BCUT2D eigenvalue weighted by Gasteiger charge is 2.26. The Morgan fingerprint density at radius 3 is 2.41 bits per heavy atom. The fraction of sp³-hybridized carbons (Fsp3) is 0.417. The Labute approximate surface area is 174 Å². The minimum absolute atomic E-state index is 0.108. The first-order valence-electron chi connectivity index (χ1n) is 10.2. The molecule has 2 amide bonds. The van der Waals surface area contributed by atoms with E-state index in [4.69, 9.17) is 4.74 Å². The van der Waals surface area contributed by atoms with Crippen molar-refractivity contribution in [3.05, 3.63) is 65.2 Å². The third-order valence-electron chi connectivity index (χ3n) is 4.92. The van der Waals surface area contributed by atoms with Crippen molar-refractivity contribution in [3.8, 4) is 5.75 Å². The maximum atomic E-state index is 13.0. The van der Waals surface area contributed by atoms with E-state index in [1.165, 1.54) is 0 Å². The van der Waals surface area contributed by atoms with E-state index in [0.29, 0.717) is 18.8 Å². The van der Waals surface area contributed by atoms with Gasteiger partial charge >= 0.3 is 0 Å². The van der Waals surface area contributed by atoms with Crippen LogP contribution in [0.5, 0.6) is 5.75 Å². The van der Waals surface area contributed by atoms with Crippen LogP contribution >= 0.6 is 0 Å². The van der Waals surface area contributed by atoms with Crippen LogP contribution < -0.4 is 10.1 Å². The Morgan fingerprint density at radius 2 is 1.76 bits per heavy atom. The van der Waals surface area contributed by atoms with Crippen molar-refractivity contribution in [2.45, 2.75) is 53.1 Å². The Balaban J connectivity index is 2.11. The van der Waals surface area contributed by atoms with Crippen LogP contribution in [0.25, 0.3) is 0 Å². The first-order chi connectivity index (χ1) is 13.9. The van der Waals surface area contributed by atoms with E-state index in [0.717, 1.165) is 29.5 Å². The van der Waals surface area contributed by atoms with Crippen LogP contribution in [0.1, 0.15) is 43.4 Å². The molecule has 2 aromatic rings. The monoisotopic (exact) mass is 396 g/mol. The molecule has 1 N–H and O–H groups in total. The molecule has 2 rings (SSSR count). The van der Waals surface area contributed by atoms with Gasteiger partial charge in [-0.1, -0.05) is 61.4 Å². The number of benzene rings is 2. The fourth-order valence-corrected chi connectivity index (χ4v) is 2.95. The molecule has 5 heteroatoms. The predicted octanol–water partition coefficient (Wildman–Crippen LogP) is 4.02.